The largest absolute Gasteiger partial charge is 0.349 e. The van der Waals surface area contributed by atoms with E-state index in [1.165, 1.54) is 16.1 Å². The Labute approximate surface area is 144 Å². The highest BCUT2D eigenvalue weighted by atomic mass is 32.2. The molecule has 0 aromatic heterocycles. The van der Waals surface area contributed by atoms with E-state index in [4.69, 9.17) is 0 Å². The maximum atomic E-state index is 12.7. The summed E-state index contributed by atoms with van der Waals surface area (Å²) in [4.78, 5) is 12.7. The molecule has 132 valence electrons. The molecule has 24 heavy (non-hydrogen) atoms. The minimum atomic E-state index is -3.23. The van der Waals surface area contributed by atoms with E-state index in [0.29, 0.717) is 19.0 Å². The molecule has 1 N–H and O–H groups in total. The number of hydrogen-bond acceptors (Lipinski definition) is 3. The van der Waals surface area contributed by atoms with Crippen LogP contribution < -0.4 is 5.32 Å². The van der Waals surface area contributed by atoms with Crippen LogP contribution in [0.25, 0.3) is 0 Å². The molecule has 6 heteroatoms. The van der Waals surface area contributed by atoms with Crippen LogP contribution in [0.15, 0.2) is 24.3 Å². The minimum absolute atomic E-state index is 0.0131. The summed E-state index contributed by atoms with van der Waals surface area (Å²) in [5.41, 5.74) is 2.35. The first-order valence-corrected chi connectivity index (χ1v) is 10.5. The molecule has 2 atom stereocenters. The van der Waals surface area contributed by atoms with Crippen molar-refractivity contribution < 1.29 is 13.2 Å². The second-order valence-electron chi connectivity index (χ2n) is 7.19. The summed E-state index contributed by atoms with van der Waals surface area (Å²) in [6.07, 6.45) is 4.98. The van der Waals surface area contributed by atoms with Crippen LogP contribution in [0.2, 0.25) is 0 Å². The number of nitrogens with zero attached hydrogens (tertiary/aromatic N) is 1. The van der Waals surface area contributed by atoms with E-state index in [-0.39, 0.29) is 17.9 Å². The van der Waals surface area contributed by atoms with Crippen LogP contribution in [-0.4, -0.2) is 38.0 Å². The molecule has 0 bridgehead atoms. The van der Waals surface area contributed by atoms with Gasteiger partial charge in [0.15, 0.2) is 0 Å². The standard InChI is InChI=1S/C18H26N2O3S/c1-13-5-7-14(8-6-13)17(15-9-10-15)19-18(21)16-4-3-11-20(12-16)24(2,22)23/h5-8,15-17H,3-4,9-12H2,1-2H3,(H,19,21). The van der Waals surface area contributed by atoms with Crippen LogP contribution in [0.3, 0.4) is 0 Å². The van der Waals surface area contributed by atoms with E-state index in [0.717, 1.165) is 31.2 Å². The van der Waals surface area contributed by atoms with Gasteiger partial charge in [0.05, 0.1) is 18.2 Å². The van der Waals surface area contributed by atoms with Crippen molar-refractivity contribution >= 4 is 15.9 Å². The zero-order valence-corrected chi connectivity index (χ0v) is 15.2. The monoisotopic (exact) mass is 350 g/mol. The van der Waals surface area contributed by atoms with Crippen LogP contribution in [-0.2, 0) is 14.8 Å². The van der Waals surface area contributed by atoms with Gasteiger partial charge in [-0.3, -0.25) is 4.79 Å². The fourth-order valence-corrected chi connectivity index (χ4v) is 4.32. The molecule has 2 aliphatic rings. The SMILES string of the molecule is Cc1ccc(C(NC(=O)C2CCCN(S(C)(=O)=O)C2)C2CC2)cc1. The third-order valence-electron chi connectivity index (χ3n) is 5.05. The first-order valence-electron chi connectivity index (χ1n) is 8.66. The molecule has 2 fully saturated rings. The lowest BCUT2D eigenvalue weighted by atomic mass is 9.96. The molecule has 5 nitrogen and oxygen atoms in total. The van der Waals surface area contributed by atoms with E-state index in [9.17, 15) is 13.2 Å². The molecule has 2 unspecified atom stereocenters. The number of rotatable bonds is 5. The predicted octanol–water partition coefficient (Wildman–Crippen LogP) is 2.23. The first-order chi connectivity index (χ1) is 11.3. The molecule has 1 aliphatic carbocycles. The third kappa shape index (κ3) is 4.16. The van der Waals surface area contributed by atoms with Crippen molar-refractivity contribution in [3.63, 3.8) is 0 Å². The van der Waals surface area contributed by atoms with Gasteiger partial charge in [0.1, 0.15) is 0 Å². The first kappa shape index (κ1) is 17.4. The normalized spacial score (nSPS) is 23.7. The summed E-state index contributed by atoms with van der Waals surface area (Å²) in [6, 6.07) is 8.36. The highest BCUT2D eigenvalue weighted by Crippen LogP contribution is 2.41. The summed E-state index contributed by atoms with van der Waals surface area (Å²) in [5, 5.41) is 3.20. The number of piperidine rings is 1. The van der Waals surface area contributed by atoms with E-state index in [1.807, 2.05) is 0 Å². The predicted molar refractivity (Wildman–Crippen MR) is 93.9 cm³/mol. The molecular weight excluding hydrogens is 324 g/mol. The van der Waals surface area contributed by atoms with Gasteiger partial charge in [-0.1, -0.05) is 29.8 Å². The number of aryl methyl sites for hydroxylation is 1. The molecule has 0 spiro atoms. The number of hydrogen-bond donors (Lipinski definition) is 1. The molecule has 3 rings (SSSR count). The van der Waals surface area contributed by atoms with Crippen molar-refractivity contribution in [2.45, 2.75) is 38.6 Å². The Hall–Kier alpha value is -1.40. The Balaban J connectivity index is 1.68. The van der Waals surface area contributed by atoms with Gasteiger partial charge in [0, 0.05) is 13.1 Å². The lowest BCUT2D eigenvalue weighted by molar-refractivity contribution is -0.127. The maximum absolute atomic E-state index is 12.7. The van der Waals surface area contributed by atoms with Crippen molar-refractivity contribution in [1.29, 1.82) is 0 Å². The quantitative estimate of drug-likeness (QED) is 0.885. The number of nitrogens with one attached hydrogen (secondary N) is 1. The van der Waals surface area contributed by atoms with Gasteiger partial charge in [-0.2, -0.15) is 0 Å². The Morgan fingerprint density at radius 3 is 2.46 bits per heavy atom. The lowest BCUT2D eigenvalue weighted by Gasteiger charge is -2.31. The van der Waals surface area contributed by atoms with Crippen LogP contribution in [0.1, 0.15) is 42.9 Å². The molecule has 1 aromatic carbocycles. The molecule has 1 saturated heterocycles. The van der Waals surface area contributed by atoms with E-state index >= 15 is 0 Å². The van der Waals surface area contributed by atoms with Gasteiger partial charge < -0.3 is 5.32 Å². The molecule has 1 amide bonds. The van der Waals surface area contributed by atoms with E-state index < -0.39 is 10.0 Å². The zero-order valence-electron chi connectivity index (χ0n) is 14.4. The molecule has 1 saturated carbocycles. The van der Waals surface area contributed by atoms with Gasteiger partial charge in [0.25, 0.3) is 0 Å². The highest BCUT2D eigenvalue weighted by molar-refractivity contribution is 7.88. The van der Waals surface area contributed by atoms with Gasteiger partial charge in [-0.15, -0.1) is 0 Å². The Kier molecular flexibility index (Phi) is 4.97. The minimum Gasteiger partial charge on any atom is -0.349 e. The fraction of sp³-hybridized carbons (Fsp3) is 0.611. The maximum Gasteiger partial charge on any atom is 0.224 e. The second kappa shape index (κ2) is 6.84. The molecular formula is C18H26N2O3S. The van der Waals surface area contributed by atoms with E-state index in [1.54, 1.807) is 0 Å². The zero-order chi connectivity index (χ0) is 17.3. The second-order valence-corrected chi connectivity index (χ2v) is 9.18. The van der Waals surface area contributed by atoms with Crippen LogP contribution in [0.4, 0.5) is 0 Å². The van der Waals surface area contributed by atoms with Crippen molar-refractivity contribution in [3.05, 3.63) is 35.4 Å². The van der Waals surface area contributed by atoms with Crippen LogP contribution in [0, 0.1) is 18.8 Å². The topological polar surface area (TPSA) is 66.5 Å². The van der Waals surface area contributed by atoms with Crippen molar-refractivity contribution in [2.24, 2.45) is 11.8 Å². The Morgan fingerprint density at radius 1 is 1.21 bits per heavy atom. The Morgan fingerprint density at radius 2 is 1.88 bits per heavy atom. The number of amides is 1. The fourth-order valence-electron chi connectivity index (χ4n) is 3.41. The van der Waals surface area contributed by atoms with Crippen molar-refractivity contribution in [2.75, 3.05) is 19.3 Å². The van der Waals surface area contributed by atoms with Gasteiger partial charge >= 0.3 is 0 Å². The highest BCUT2D eigenvalue weighted by Gasteiger charge is 2.36. The average molecular weight is 350 g/mol. The molecule has 1 heterocycles. The van der Waals surface area contributed by atoms with E-state index in [2.05, 4.69) is 36.5 Å². The number of sulfonamides is 1. The van der Waals surface area contributed by atoms with Crippen molar-refractivity contribution in [3.8, 4) is 0 Å². The number of carbonyl (C=O) groups is 1. The summed E-state index contributed by atoms with van der Waals surface area (Å²) >= 11 is 0. The Bertz CT molecular complexity index is 695. The summed E-state index contributed by atoms with van der Waals surface area (Å²) in [6.45, 7) is 2.87. The smallest absolute Gasteiger partial charge is 0.224 e. The van der Waals surface area contributed by atoms with Gasteiger partial charge in [-0.25, -0.2) is 12.7 Å². The summed E-state index contributed by atoms with van der Waals surface area (Å²) < 4.78 is 24.9. The van der Waals surface area contributed by atoms with Gasteiger partial charge in [-0.05, 0) is 44.1 Å². The molecule has 1 aliphatic heterocycles. The van der Waals surface area contributed by atoms with Crippen molar-refractivity contribution in [1.82, 2.24) is 9.62 Å². The lowest BCUT2D eigenvalue weighted by Crippen LogP contribution is -2.46. The number of carbonyl (C=O) groups excluding carboxylic acids is 1. The van der Waals surface area contributed by atoms with Crippen LogP contribution in [0.5, 0.6) is 0 Å². The molecule has 0 radical (unpaired) electrons. The number of benzene rings is 1. The molecule has 1 aromatic rings. The third-order valence-corrected chi connectivity index (χ3v) is 6.32. The summed E-state index contributed by atoms with van der Waals surface area (Å²) in [5.74, 6) is 0.243. The van der Waals surface area contributed by atoms with Gasteiger partial charge in [0.2, 0.25) is 15.9 Å². The van der Waals surface area contributed by atoms with Crippen LogP contribution >= 0.6 is 0 Å². The summed E-state index contributed by atoms with van der Waals surface area (Å²) in [7, 11) is -3.23. The average Bonchev–Trinajstić information content (AvgIpc) is 3.37.